The summed E-state index contributed by atoms with van der Waals surface area (Å²) in [6.07, 6.45) is 4.33. The van der Waals surface area contributed by atoms with Crippen molar-refractivity contribution in [1.29, 1.82) is 0 Å². The lowest BCUT2D eigenvalue weighted by Gasteiger charge is -2.26. The lowest BCUT2D eigenvalue weighted by atomic mass is 10.0. The highest BCUT2D eigenvalue weighted by atomic mass is 16.6. The Balaban J connectivity index is 1.61. The van der Waals surface area contributed by atoms with Crippen LogP contribution in [0.25, 0.3) is 0 Å². The third-order valence-electron chi connectivity index (χ3n) is 3.25. The first kappa shape index (κ1) is 11.3. The van der Waals surface area contributed by atoms with Gasteiger partial charge in [-0.25, -0.2) is 0 Å². The van der Waals surface area contributed by atoms with Crippen molar-refractivity contribution in [3.8, 4) is 0 Å². The fraction of sp³-hybridized carbons (Fsp3) is 1.00. The van der Waals surface area contributed by atoms with E-state index in [0.717, 1.165) is 32.2 Å². The van der Waals surface area contributed by atoms with Gasteiger partial charge in [0.2, 0.25) is 0 Å². The summed E-state index contributed by atoms with van der Waals surface area (Å²) in [5, 5.41) is 13.4. The van der Waals surface area contributed by atoms with Crippen molar-refractivity contribution in [2.45, 2.75) is 37.4 Å². The number of hydrogen-bond acceptors (Lipinski definition) is 4. The smallest absolute Gasteiger partial charge is 0.0933 e. The standard InChI is InChI=1S/C11H21NO3/c13-11(3-1-2-4-11)9-12-7-10-8-14-5-6-15-10/h10,12-13H,1-9H2. The number of nitrogens with one attached hydrogen (secondary N) is 1. The van der Waals surface area contributed by atoms with Crippen molar-refractivity contribution in [2.24, 2.45) is 0 Å². The minimum absolute atomic E-state index is 0.156. The van der Waals surface area contributed by atoms with Crippen molar-refractivity contribution < 1.29 is 14.6 Å². The van der Waals surface area contributed by atoms with Crippen molar-refractivity contribution in [2.75, 3.05) is 32.9 Å². The zero-order valence-electron chi connectivity index (χ0n) is 9.21. The summed E-state index contributed by atoms with van der Waals surface area (Å²) < 4.78 is 10.8. The van der Waals surface area contributed by atoms with Gasteiger partial charge in [-0.3, -0.25) is 0 Å². The molecule has 4 heteroatoms. The Hall–Kier alpha value is -0.160. The van der Waals surface area contributed by atoms with Crippen LogP contribution >= 0.6 is 0 Å². The maximum atomic E-state index is 10.1. The first-order chi connectivity index (χ1) is 7.29. The van der Waals surface area contributed by atoms with Gasteiger partial charge in [0.25, 0.3) is 0 Å². The van der Waals surface area contributed by atoms with Gasteiger partial charge in [0.15, 0.2) is 0 Å². The molecule has 1 saturated heterocycles. The van der Waals surface area contributed by atoms with Crippen LogP contribution in [0, 0.1) is 0 Å². The zero-order valence-corrected chi connectivity index (χ0v) is 9.21. The Labute approximate surface area is 90.9 Å². The molecule has 1 aliphatic carbocycles. The molecule has 4 nitrogen and oxygen atoms in total. The van der Waals surface area contributed by atoms with Crippen LogP contribution in [0.3, 0.4) is 0 Å². The Kier molecular flexibility index (Phi) is 3.97. The second-order valence-electron chi connectivity index (χ2n) is 4.63. The van der Waals surface area contributed by atoms with E-state index < -0.39 is 5.60 Å². The average Bonchev–Trinajstić information content (AvgIpc) is 2.67. The molecule has 2 fully saturated rings. The molecular weight excluding hydrogens is 194 g/mol. The average molecular weight is 215 g/mol. The van der Waals surface area contributed by atoms with Crippen LogP contribution in [0.1, 0.15) is 25.7 Å². The molecule has 15 heavy (non-hydrogen) atoms. The van der Waals surface area contributed by atoms with Crippen LogP contribution in [-0.2, 0) is 9.47 Å². The molecule has 2 rings (SSSR count). The van der Waals surface area contributed by atoms with Crippen LogP contribution in [0.2, 0.25) is 0 Å². The molecule has 0 spiro atoms. The molecule has 0 aromatic rings. The molecule has 1 unspecified atom stereocenters. The third kappa shape index (κ3) is 3.41. The van der Waals surface area contributed by atoms with Crippen molar-refractivity contribution in [3.05, 3.63) is 0 Å². The van der Waals surface area contributed by atoms with E-state index in [9.17, 15) is 5.11 Å². The van der Waals surface area contributed by atoms with Crippen molar-refractivity contribution >= 4 is 0 Å². The summed E-state index contributed by atoms with van der Waals surface area (Å²) >= 11 is 0. The van der Waals surface area contributed by atoms with E-state index in [1.165, 1.54) is 0 Å². The highest BCUT2D eigenvalue weighted by molar-refractivity contribution is 4.86. The Morgan fingerprint density at radius 1 is 1.27 bits per heavy atom. The fourth-order valence-electron chi connectivity index (χ4n) is 2.33. The van der Waals surface area contributed by atoms with Gasteiger partial charge in [0, 0.05) is 13.1 Å². The number of ether oxygens (including phenoxy) is 2. The van der Waals surface area contributed by atoms with Gasteiger partial charge in [0.1, 0.15) is 0 Å². The van der Waals surface area contributed by atoms with Crippen LogP contribution in [0.4, 0.5) is 0 Å². The normalized spacial score (nSPS) is 30.6. The van der Waals surface area contributed by atoms with E-state index in [1.807, 2.05) is 0 Å². The topological polar surface area (TPSA) is 50.7 Å². The number of hydrogen-bond donors (Lipinski definition) is 2. The van der Waals surface area contributed by atoms with E-state index in [1.54, 1.807) is 0 Å². The minimum Gasteiger partial charge on any atom is -0.389 e. The molecule has 1 heterocycles. The lowest BCUT2D eigenvalue weighted by molar-refractivity contribution is -0.0877. The lowest BCUT2D eigenvalue weighted by Crippen LogP contribution is -2.44. The molecule has 1 saturated carbocycles. The van der Waals surface area contributed by atoms with Gasteiger partial charge in [-0.05, 0) is 12.8 Å². The largest absolute Gasteiger partial charge is 0.389 e. The Morgan fingerprint density at radius 3 is 2.73 bits per heavy atom. The first-order valence-electron chi connectivity index (χ1n) is 5.91. The first-order valence-corrected chi connectivity index (χ1v) is 5.91. The van der Waals surface area contributed by atoms with Gasteiger partial charge in [-0.2, -0.15) is 0 Å². The van der Waals surface area contributed by atoms with Gasteiger partial charge >= 0.3 is 0 Å². The number of aliphatic hydroxyl groups is 1. The van der Waals surface area contributed by atoms with Crippen LogP contribution < -0.4 is 5.32 Å². The second-order valence-corrected chi connectivity index (χ2v) is 4.63. The van der Waals surface area contributed by atoms with Gasteiger partial charge in [0.05, 0.1) is 31.5 Å². The Morgan fingerprint density at radius 2 is 2.07 bits per heavy atom. The monoisotopic (exact) mass is 215 g/mol. The molecule has 2 N–H and O–H groups in total. The molecule has 2 aliphatic rings. The molecule has 1 aliphatic heterocycles. The van der Waals surface area contributed by atoms with E-state index >= 15 is 0 Å². The van der Waals surface area contributed by atoms with Gasteiger partial charge in [-0.1, -0.05) is 12.8 Å². The summed E-state index contributed by atoms with van der Waals surface area (Å²) in [6, 6.07) is 0. The highest BCUT2D eigenvalue weighted by Gasteiger charge is 2.30. The number of rotatable bonds is 4. The molecule has 0 bridgehead atoms. The van der Waals surface area contributed by atoms with Crippen LogP contribution in [0.5, 0.6) is 0 Å². The SMILES string of the molecule is OC1(CNCC2COCCO2)CCCC1. The molecule has 0 aromatic carbocycles. The van der Waals surface area contributed by atoms with E-state index in [-0.39, 0.29) is 6.10 Å². The quantitative estimate of drug-likeness (QED) is 0.708. The van der Waals surface area contributed by atoms with Crippen molar-refractivity contribution in [3.63, 3.8) is 0 Å². The molecule has 88 valence electrons. The molecular formula is C11H21NO3. The van der Waals surface area contributed by atoms with Crippen LogP contribution in [0.15, 0.2) is 0 Å². The summed E-state index contributed by atoms with van der Waals surface area (Å²) in [7, 11) is 0. The molecule has 0 amide bonds. The minimum atomic E-state index is -0.463. The summed E-state index contributed by atoms with van der Waals surface area (Å²) in [5.74, 6) is 0. The maximum Gasteiger partial charge on any atom is 0.0933 e. The molecule has 1 atom stereocenters. The molecule has 0 radical (unpaired) electrons. The summed E-state index contributed by atoms with van der Waals surface area (Å²) in [6.45, 7) is 3.54. The van der Waals surface area contributed by atoms with E-state index in [0.29, 0.717) is 26.4 Å². The summed E-state index contributed by atoms with van der Waals surface area (Å²) in [4.78, 5) is 0. The highest BCUT2D eigenvalue weighted by Crippen LogP contribution is 2.28. The van der Waals surface area contributed by atoms with Crippen molar-refractivity contribution in [1.82, 2.24) is 5.32 Å². The van der Waals surface area contributed by atoms with E-state index in [2.05, 4.69) is 5.32 Å². The van der Waals surface area contributed by atoms with E-state index in [4.69, 9.17) is 9.47 Å². The second kappa shape index (κ2) is 5.25. The predicted octanol–water partition coefficient (Wildman–Crippen LogP) is 0.296. The van der Waals surface area contributed by atoms with Gasteiger partial charge in [-0.15, -0.1) is 0 Å². The third-order valence-corrected chi connectivity index (χ3v) is 3.25. The molecule has 0 aromatic heterocycles. The predicted molar refractivity (Wildman–Crippen MR) is 56.8 cm³/mol. The fourth-order valence-corrected chi connectivity index (χ4v) is 2.33. The maximum absolute atomic E-state index is 10.1. The zero-order chi connectivity index (χ0) is 10.6. The van der Waals surface area contributed by atoms with Crippen LogP contribution in [-0.4, -0.2) is 49.7 Å². The van der Waals surface area contributed by atoms with Gasteiger partial charge < -0.3 is 19.9 Å². The summed E-state index contributed by atoms with van der Waals surface area (Å²) in [5.41, 5.74) is -0.463. The Bertz CT molecular complexity index is 186.